The number of benzene rings is 8. The lowest BCUT2D eigenvalue weighted by molar-refractivity contribution is 0.670. The first-order valence-corrected chi connectivity index (χ1v) is 19.3. The van der Waals surface area contributed by atoms with Crippen LogP contribution < -0.4 is 0 Å². The Labute approximate surface area is 325 Å². The average Bonchev–Trinajstić information content (AvgIpc) is 4.07. The molecule has 13 aromatic rings. The predicted octanol–water partition coefficient (Wildman–Crippen LogP) is 13.0. The normalized spacial score (nSPS) is 12.2. The number of rotatable bonds is 4. The second kappa shape index (κ2) is 11.4. The summed E-state index contributed by atoms with van der Waals surface area (Å²) in [7, 11) is 0. The smallest absolute Gasteiger partial charge is 0.221 e. The van der Waals surface area contributed by atoms with Gasteiger partial charge in [0.2, 0.25) is 5.78 Å². The first-order valence-electron chi connectivity index (χ1n) is 19.3. The molecule has 8 aromatic carbocycles. The highest BCUT2D eigenvalue weighted by atomic mass is 16.3. The van der Waals surface area contributed by atoms with Gasteiger partial charge in [-0.15, -0.1) is 0 Å². The van der Waals surface area contributed by atoms with Crippen LogP contribution in [-0.2, 0) is 0 Å². The van der Waals surface area contributed by atoms with Crippen molar-refractivity contribution in [1.82, 2.24) is 23.1 Å². The van der Waals surface area contributed by atoms with Gasteiger partial charge >= 0.3 is 0 Å². The van der Waals surface area contributed by atoms with Gasteiger partial charge in [0.25, 0.3) is 0 Å². The second-order valence-electron chi connectivity index (χ2n) is 14.8. The number of nitrogens with zero attached hydrogens (tertiary/aromatic N) is 5. The molecule has 5 aromatic heterocycles. The lowest BCUT2D eigenvalue weighted by Gasteiger charge is -2.10. The van der Waals surface area contributed by atoms with Gasteiger partial charge in [0, 0.05) is 49.6 Å². The van der Waals surface area contributed by atoms with E-state index in [1.807, 2.05) is 12.1 Å². The molecule has 0 radical (unpaired) electrons. The summed E-state index contributed by atoms with van der Waals surface area (Å²) in [5, 5.41) is 5.80. The number of para-hydroxylation sites is 7. The number of aromatic nitrogens is 5. The lowest BCUT2D eigenvalue weighted by atomic mass is 10.0. The summed E-state index contributed by atoms with van der Waals surface area (Å²) in [5.74, 6) is 0.884. The molecule has 0 atom stereocenters. The van der Waals surface area contributed by atoms with E-state index in [9.17, 15) is 0 Å². The summed E-state index contributed by atoms with van der Waals surface area (Å²) in [5.41, 5.74) is 15.0. The number of furan rings is 1. The first kappa shape index (κ1) is 30.5. The fourth-order valence-corrected chi connectivity index (χ4v) is 9.33. The topological polar surface area (TPSA) is 45.2 Å². The highest BCUT2D eigenvalue weighted by molar-refractivity contribution is 6.12. The van der Waals surface area contributed by atoms with Crippen LogP contribution in [0.4, 0.5) is 0 Å². The summed E-state index contributed by atoms with van der Waals surface area (Å²) >= 11 is 0. The van der Waals surface area contributed by atoms with Crippen LogP contribution in [0.3, 0.4) is 0 Å². The van der Waals surface area contributed by atoms with Crippen molar-refractivity contribution in [3.63, 3.8) is 0 Å². The monoisotopic (exact) mass is 729 g/mol. The fraction of sp³-hybridized carbons (Fsp3) is 0. The Morgan fingerprint density at radius 1 is 0.386 bits per heavy atom. The number of hydrogen-bond donors (Lipinski definition) is 0. The molecule has 266 valence electrons. The van der Waals surface area contributed by atoms with Crippen molar-refractivity contribution in [1.29, 1.82) is 0 Å². The molecule has 57 heavy (non-hydrogen) atoms. The molecule has 0 aliphatic rings. The highest BCUT2D eigenvalue weighted by Gasteiger charge is 2.24. The third kappa shape index (κ3) is 4.16. The SMILES string of the molecule is c1ccc(-n2c3ccccc3c3nc4n(-c5ccc6c(c5)c5ccccc5n6-c5ccc(-c6cccc7c6oc6ccccc67)cc5)c5ccccc5n4c32)cc1. The van der Waals surface area contributed by atoms with Gasteiger partial charge in [-0.05, 0) is 78.4 Å². The van der Waals surface area contributed by atoms with E-state index in [2.05, 4.69) is 194 Å². The molecule has 13 rings (SSSR count). The summed E-state index contributed by atoms with van der Waals surface area (Å²) in [6.07, 6.45) is 0. The molecule has 0 fully saturated rings. The van der Waals surface area contributed by atoms with Crippen LogP contribution in [0.15, 0.2) is 192 Å². The van der Waals surface area contributed by atoms with Gasteiger partial charge in [-0.3, -0.25) is 13.5 Å². The van der Waals surface area contributed by atoms with Crippen LogP contribution in [0.5, 0.6) is 0 Å². The first-order chi connectivity index (χ1) is 28.3. The molecule has 0 aliphatic carbocycles. The Balaban J connectivity index is 1.01. The molecular weight excluding hydrogens is 699 g/mol. The van der Waals surface area contributed by atoms with E-state index in [1.165, 1.54) is 10.8 Å². The Kier molecular flexibility index (Phi) is 6.07. The van der Waals surface area contributed by atoms with Crippen LogP contribution in [0.1, 0.15) is 0 Å². The zero-order chi connectivity index (χ0) is 37.2. The molecule has 0 saturated heterocycles. The van der Waals surface area contributed by atoms with Gasteiger partial charge < -0.3 is 8.98 Å². The molecule has 0 aliphatic heterocycles. The van der Waals surface area contributed by atoms with E-state index in [-0.39, 0.29) is 0 Å². The number of fused-ring (bicyclic) bond motifs is 13. The molecule has 0 unspecified atom stereocenters. The van der Waals surface area contributed by atoms with Crippen LogP contribution in [0.25, 0.3) is 111 Å². The highest BCUT2D eigenvalue weighted by Crippen LogP contribution is 2.40. The van der Waals surface area contributed by atoms with Crippen LogP contribution in [0, 0.1) is 0 Å². The van der Waals surface area contributed by atoms with Crippen molar-refractivity contribution in [3.8, 4) is 28.2 Å². The maximum Gasteiger partial charge on any atom is 0.221 e. The Hall–Kier alpha value is -7.83. The zero-order valence-electron chi connectivity index (χ0n) is 30.5. The van der Waals surface area contributed by atoms with E-state index in [0.717, 1.165) is 100 Å². The largest absolute Gasteiger partial charge is 0.455 e. The van der Waals surface area contributed by atoms with E-state index < -0.39 is 0 Å². The lowest BCUT2D eigenvalue weighted by Crippen LogP contribution is -1.98. The predicted molar refractivity (Wildman–Crippen MR) is 233 cm³/mol. The molecule has 5 heterocycles. The third-order valence-electron chi connectivity index (χ3n) is 11.8. The van der Waals surface area contributed by atoms with Gasteiger partial charge in [-0.2, -0.15) is 0 Å². The van der Waals surface area contributed by atoms with E-state index in [4.69, 9.17) is 9.40 Å². The van der Waals surface area contributed by atoms with Crippen LogP contribution >= 0.6 is 0 Å². The van der Waals surface area contributed by atoms with Crippen LogP contribution in [-0.4, -0.2) is 23.1 Å². The van der Waals surface area contributed by atoms with Crippen molar-refractivity contribution in [2.75, 3.05) is 0 Å². The van der Waals surface area contributed by atoms with E-state index in [0.29, 0.717) is 0 Å². The van der Waals surface area contributed by atoms with E-state index >= 15 is 0 Å². The molecule has 6 heteroatoms. The van der Waals surface area contributed by atoms with Gasteiger partial charge in [0.05, 0.1) is 27.6 Å². The summed E-state index contributed by atoms with van der Waals surface area (Å²) < 4.78 is 15.8. The molecule has 0 N–H and O–H groups in total. The fourth-order valence-electron chi connectivity index (χ4n) is 9.33. The average molecular weight is 730 g/mol. The van der Waals surface area contributed by atoms with E-state index in [1.54, 1.807) is 0 Å². The molecule has 6 nitrogen and oxygen atoms in total. The standard InChI is InChI=1S/C51H31N5O/c1-2-13-33(14-3-1)54-43-21-8-5-17-40(43)48-50(54)56-46-23-10-9-22-45(46)55(51(56)52-48)35-29-30-44-41(31-35)37-15-4-7-20-42(37)53(44)34-27-25-32(26-28-34)36-18-12-19-39-38-16-6-11-24-47(38)57-49(36)39/h1-31H. The second-order valence-corrected chi connectivity index (χ2v) is 14.8. The Morgan fingerprint density at radius 3 is 1.82 bits per heavy atom. The maximum atomic E-state index is 6.39. The number of imidazole rings is 2. The summed E-state index contributed by atoms with van der Waals surface area (Å²) in [6, 6.07) is 66.9. The van der Waals surface area contributed by atoms with Crippen molar-refractivity contribution in [3.05, 3.63) is 188 Å². The van der Waals surface area contributed by atoms with Crippen molar-refractivity contribution in [2.45, 2.75) is 0 Å². The molecular formula is C51H31N5O. The third-order valence-corrected chi connectivity index (χ3v) is 11.8. The molecule has 0 spiro atoms. The van der Waals surface area contributed by atoms with Gasteiger partial charge in [0.1, 0.15) is 16.7 Å². The summed E-state index contributed by atoms with van der Waals surface area (Å²) in [4.78, 5) is 5.46. The maximum absolute atomic E-state index is 6.39. The summed E-state index contributed by atoms with van der Waals surface area (Å²) in [6.45, 7) is 0. The van der Waals surface area contributed by atoms with Crippen molar-refractivity contribution in [2.24, 2.45) is 0 Å². The van der Waals surface area contributed by atoms with Crippen molar-refractivity contribution >= 4 is 82.6 Å². The van der Waals surface area contributed by atoms with Gasteiger partial charge in [-0.1, -0.05) is 115 Å². The molecule has 0 saturated carbocycles. The minimum absolute atomic E-state index is 0.884. The molecule has 0 bridgehead atoms. The quantitative estimate of drug-likeness (QED) is 0.181. The van der Waals surface area contributed by atoms with Gasteiger partial charge in [0.15, 0.2) is 5.65 Å². The van der Waals surface area contributed by atoms with Crippen molar-refractivity contribution < 1.29 is 4.42 Å². The molecule has 0 amide bonds. The van der Waals surface area contributed by atoms with Crippen LogP contribution in [0.2, 0.25) is 0 Å². The Morgan fingerprint density at radius 2 is 1.00 bits per heavy atom. The van der Waals surface area contributed by atoms with Gasteiger partial charge in [-0.25, -0.2) is 4.98 Å². The Bertz CT molecular complexity index is 3740. The minimum atomic E-state index is 0.884. The number of hydrogen-bond acceptors (Lipinski definition) is 2. The zero-order valence-corrected chi connectivity index (χ0v) is 30.5. The minimum Gasteiger partial charge on any atom is -0.455 e.